The summed E-state index contributed by atoms with van der Waals surface area (Å²) in [5, 5.41) is 15.7. The number of methoxy groups -OCH3 is 1. The topological polar surface area (TPSA) is 79.3 Å². The predicted molar refractivity (Wildman–Crippen MR) is 76.3 cm³/mol. The first-order chi connectivity index (χ1) is 9.15. The molecule has 1 aromatic rings. The maximum atomic E-state index is 9.23. The molecule has 0 radical (unpaired) electrons. The molecule has 6 nitrogen and oxygen atoms in total. The van der Waals surface area contributed by atoms with E-state index in [-0.39, 0.29) is 6.10 Å². The number of rotatable bonds is 9. The molecule has 0 aliphatic carbocycles. The zero-order valence-electron chi connectivity index (χ0n) is 11.9. The Kier molecular flexibility index (Phi) is 7.14. The van der Waals surface area contributed by atoms with Crippen LogP contribution in [-0.4, -0.2) is 41.4 Å². The van der Waals surface area contributed by atoms with Crippen LogP contribution in [-0.2, 0) is 11.3 Å². The standard InChI is InChI=1S/C13H24N4O2/c1-4-6-14-11-8-12(15-7-5-10(2)18)17-13(16-11)9-19-3/h8,10,18H,4-7,9H2,1-3H3,(H2,14,15,16,17). The van der Waals surface area contributed by atoms with Crippen LogP contribution in [0.1, 0.15) is 32.5 Å². The largest absolute Gasteiger partial charge is 0.393 e. The molecule has 1 heterocycles. The Hall–Kier alpha value is -1.40. The van der Waals surface area contributed by atoms with Crippen molar-refractivity contribution in [3.05, 3.63) is 11.9 Å². The second-order valence-electron chi connectivity index (χ2n) is 4.48. The number of hydrogen-bond acceptors (Lipinski definition) is 6. The normalized spacial score (nSPS) is 12.2. The first kappa shape index (κ1) is 15.7. The van der Waals surface area contributed by atoms with Gasteiger partial charge in [0.15, 0.2) is 5.82 Å². The van der Waals surface area contributed by atoms with Gasteiger partial charge >= 0.3 is 0 Å². The summed E-state index contributed by atoms with van der Waals surface area (Å²) >= 11 is 0. The van der Waals surface area contributed by atoms with E-state index in [0.717, 1.165) is 24.6 Å². The third-order valence-corrected chi connectivity index (χ3v) is 2.47. The van der Waals surface area contributed by atoms with Gasteiger partial charge in [-0.3, -0.25) is 0 Å². The van der Waals surface area contributed by atoms with E-state index in [9.17, 15) is 5.11 Å². The van der Waals surface area contributed by atoms with Gasteiger partial charge in [0.05, 0.1) is 6.10 Å². The van der Waals surface area contributed by atoms with Crippen molar-refractivity contribution < 1.29 is 9.84 Å². The van der Waals surface area contributed by atoms with Gasteiger partial charge in [0.2, 0.25) is 0 Å². The minimum Gasteiger partial charge on any atom is -0.393 e. The van der Waals surface area contributed by atoms with E-state index in [1.807, 2.05) is 6.07 Å². The van der Waals surface area contributed by atoms with Gasteiger partial charge in [0, 0.05) is 26.3 Å². The fourth-order valence-corrected chi connectivity index (χ4v) is 1.53. The molecule has 0 aromatic carbocycles. The lowest BCUT2D eigenvalue weighted by atomic mass is 10.3. The van der Waals surface area contributed by atoms with Crippen molar-refractivity contribution in [3.63, 3.8) is 0 Å². The summed E-state index contributed by atoms with van der Waals surface area (Å²) in [5.74, 6) is 2.19. The third-order valence-electron chi connectivity index (χ3n) is 2.47. The average Bonchev–Trinajstić information content (AvgIpc) is 2.36. The number of aliphatic hydroxyl groups is 1. The molecule has 6 heteroatoms. The lowest BCUT2D eigenvalue weighted by molar-refractivity contribution is 0.178. The molecule has 19 heavy (non-hydrogen) atoms. The fraction of sp³-hybridized carbons (Fsp3) is 0.692. The van der Waals surface area contributed by atoms with Crippen LogP contribution in [0.25, 0.3) is 0 Å². The zero-order valence-corrected chi connectivity index (χ0v) is 11.9. The summed E-state index contributed by atoms with van der Waals surface area (Å²) < 4.78 is 5.06. The Balaban J connectivity index is 2.68. The number of nitrogens with one attached hydrogen (secondary N) is 2. The Labute approximate surface area is 114 Å². The molecule has 0 fully saturated rings. The van der Waals surface area contributed by atoms with Gasteiger partial charge in [-0.2, -0.15) is 0 Å². The van der Waals surface area contributed by atoms with Crippen LogP contribution in [0.15, 0.2) is 6.07 Å². The van der Waals surface area contributed by atoms with Gasteiger partial charge in [0.25, 0.3) is 0 Å². The summed E-state index contributed by atoms with van der Waals surface area (Å²) in [6, 6.07) is 1.87. The summed E-state index contributed by atoms with van der Waals surface area (Å²) in [6.45, 7) is 5.80. The van der Waals surface area contributed by atoms with Gasteiger partial charge in [0.1, 0.15) is 18.2 Å². The number of aromatic nitrogens is 2. The summed E-state index contributed by atoms with van der Waals surface area (Å²) in [7, 11) is 1.62. The Morgan fingerprint density at radius 2 is 1.89 bits per heavy atom. The summed E-state index contributed by atoms with van der Waals surface area (Å²) in [6.07, 6.45) is 1.40. The minimum atomic E-state index is -0.314. The lowest BCUT2D eigenvalue weighted by Crippen LogP contribution is -2.13. The van der Waals surface area contributed by atoms with E-state index < -0.39 is 0 Å². The molecule has 1 atom stereocenters. The molecule has 108 valence electrons. The first-order valence-electron chi connectivity index (χ1n) is 6.68. The molecule has 0 aliphatic heterocycles. The van der Waals surface area contributed by atoms with Crippen molar-refractivity contribution in [2.45, 2.75) is 39.4 Å². The number of ether oxygens (including phenoxy) is 1. The predicted octanol–water partition coefficient (Wildman–Crippen LogP) is 1.63. The average molecular weight is 268 g/mol. The highest BCUT2D eigenvalue weighted by Gasteiger charge is 2.04. The molecular weight excluding hydrogens is 244 g/mol. The maximum absolute atomic E-state index is 9.23. The van der Waals surface area contributed by atoms with E-state index >= 15 is 0 Å². The zero-order chi connectivity index (χ0) is 14.1. The number of anilines is 2. The second-order valence-corrected chi connectivity index (χ2v) is 4.48. The van der Waals surface area contributed by atoms with E-state index in [1.54, 1.807) is 14.0 Å². The number of aliphatic hydroxyl groups excluding tert-OH is 1. The van der Waals surface area contributed by atoms with E-state index in [0.29, 0.717) is 25.4 Å². The van der Waals surface area contributed by atoms with Crippen LogP contribution in [0, 0.1) is 0 Å². The van der Waals surface area contributed by atoms with Crippen LogP contribution in [0.4, 0.5) is 11.6 Å². The monoisotopic (exact) mass is 268 g/mol. The van der Waals surface area contributed by atoms with Crippen molar-refractivity contribution >= 4 is 11.6 Å². The van der Waals surface area contributed by atoms with Crippen LogP contribution in [0.5, 0.6) is 0 Å². The Bertz CT molecular complexity index is 372. The quantitative estimate of drug-likeness (QED) is 0.631. The van der Waals surface area contributed by atoms with Crippen molar-refractivity contribution in [1.29, 1.82) is 0 Å². The van der Waals surface area contributed by atoms with E-state index in [4.69, 9.17) is 4.74 Å². The first-order valence-corrected chi connectivity index (χ1v) is 6.68. The SMILES string of the molecule is CCCNc1cc(NCCC(C)O)nc(COC)n1. The highest BCUT2D eigenvalue weighted by molar-refractivity contribution is 5.47. The lowest BCUT2D eigenvalue weighted by Gasteiger charge is -2.11. The molecule has 1 aromatic heterocycles. The molecule has 0 saturated carbocycles. The van der Waals surface area contributed by atoms with Crippen LogP contribution >= 0.6 is 0 Å². The summed E-state index contributed by atoms with van der Waals surface area (Å²) in [4.78, 5) is 8.73. The van der Waals surface area contributed by atoms with Gasteiger partial charge in [-0.1, -0.05) is 6.92 Å². The Morgan fingerprint density at radius 1 is 1.26 bits per heavy atom. The molecular formula is C13H24N4O2. The number of nitrogens with zero attached hydrogens (tertiary/aromatic N) is 2. The molecule has 0 amide bonds. The molecule has 0 spiro atoms. The van der Waals surface area contributed by atoms with Gasteiger partial charge in [-0.25, -0.2) is 9.97 Å². The molecule has 1 rings (SSSR count). The molecule has 0 aliphatic rings. The van der Waals surface area contributed by atoms with Gasteiger partial charge in [-0.15, -0.1) is 0 Å². The second kappa shape index (κ2) is 8.66. The minimum absolute atomic E-state index is 0.314. The highest BCUT2D eigenvalue weighted by atomic mass is 16.5. The van der Waals surface area contributed by atoms with Gasteiger partial charge < -0.3 is 20.5 Å². The maximum Gasteiger partial charge on any atom is 0.158 e. The van der Waals surface area contributed by atoms with Gasteiger partial charge in [-0.05, 0) is 19.8 Å². The van der Waals surface area contributed by atoms with Crippen molar-refractivity contribution in [2.24, 2.45) is 0 Å². The molecule has 3 N–H and O–H groups in total. The molecule has 0 saturated heterocycles. The third kappa shape index (κ3) is 6.35. The Morgan fingerprint density at radius 3 is 2.42 bits per heavy atom. The smallest absolute Gasteiger partial charge is 0.158 e. The summed E-state index contributed by atoms with van der Waals surface area (Å²) in [5.41, 5.74) is 0. The highest BCUT2D eigenvalue weighted by Crippen LogP contribution is 2.12. The molecule has 0 bridgehead atoms. The van der Waals surface area contributed by atoms with Crippen molar-refractivity contribution in [1.82, 2.24) is 9.97 Å². The fourth-order valence-electron chi connectivity index (χ4n) is 1.53. The molecule has 1 unspecified atom stereocenters. The number of hydrogen-bond donors (Lipinski definition) is 3. The van der Waals surface area contributed by atoms with Crippen LogP contribution < -0.4 is 10.6 Å². The van der Waals surface area contributed by atoms with Crippen molar-refractivity contribution in [2.75, 3.05) is 30.8 Å². The van der Waals surface area contributed by atoms with Crippen molar-refractivity contribution in [3.8, 4) is 0 Å². The van der Waals surface area contributed by atoms with Crippen LogP contribution in [0.3, 0.4) is 0 Å². The van der Waals surface area contributed by atoms with E-state index in [2.05, 4.69) is 27.5 Å². The van der Waals surface area contributed by atoms with E-state index in [1.165, 1.54) is 0 Å². The van der Waals surface area contributed by atoms with Crippen LogP contribution in [0.2, 0.25) is 0 Å².